The van der Waals surface area contributed by atoms with E-state index < -0.39 is 0 Å². The lowest BCUT2D eigenvalue weighted by atomic mass is 10.3. The fraction of sp³-hybridized carbons (Fsp3) is 0.231. The van der Waals surface area contributed by atoms with Crippen molar-refractivity contribution in [3.63, 3.8) is 0 Å². The predicted molar refractivity (Wildman–Crippen MR) is 72.0 cm³/mol. The molecule has 0 saturated carbocycles. The van der Waals surface area contributed by atoms with Crippen molar-refractivity contribution in [1.82, 2.24) is 0 Å². The Morgan fingerprint density at radius 3 is 3.12 bits per heavy atom. The zero-order chi connectivity index (χ0) is 11.9. The van der Waals surface area contributed by atoms with Crippen LogP contribution in [-0.2, 0) is 11.5 Å². The van der Waals surface area contributed by atoms with Gasteiger partial charge >= 0.3 is 0 Å². The van der Waals surface area contributed by atoms with E-state index in [0.29, 0.717) is 0 Å². The van der Waals surface area contributed by atoms with Crippen molar-refractivity contribution in [1.29, 1.82) is 0 Å². The number of furan rings is 1. The summed E-state index contributed by atoms with van der Waals surface area (Å²) in [7, 11) is 0. The van der Waals surface area contributed by atoms with Crippen LogP contribution in [0.3, 0.4) is 0 Å². The number of aliphatic hydroxyl groups is 1. The van der Waals surface area contributed by atoms with Crippen LogP contribution >= 0.6 is 23.1 Å². The fourth-order valence-electron chi connectivity index (χ4n) is 1.31. The summed E-state index contributed by atoms with van der Waals surface area (Å²) >= 11 is 3.52. The smallest absolute Gasteiger partial charge is 0.113 e. The molecule has 2 heterocycles. The highest BCUT2D eigenvalue weighted by molar-refractivity contribution is 7.97. The largest absolute Gasteiger partial charge is 0.468 e. The Hall–Kier alpha value is -1.15. The monoisotopic (exact) mass is 264 g/mol. The maximum absolute atomic E-state index is 8.60. The van der Waals surface area contributed by atoms with Crippen molar-refractivity contribution in [3.8, 4) is 11.8 Å². The Bertz CT molecular complexity index is 503. The van der Waals surface area contributed by atoms with Crippen molar-refractivity contribution < 1.29 is 9.52 Å². The van der Waals surface area contributed by atoms with Gasteiger partial charge in [-0.05, 0) is 18.2 Å². The third kappa shape index (κ3) is 3.97. The van der Waals surface area contributed by atoms with E-state index in [0.717, 1.165) is 22.8 Å². The molecular formula is C13H12O2S2. The van der Waals surface area contributed by atoms with Crippen molar-refractivity contribution in [3.05, 3.63) is 46.0 Å². The second-order valence-corrected chi connectivity index (χ2v) is 5.32. The number of thiophene rings is 1. The molecule has 1 N–H and O–H groups in total. The van der Waals surface area contributed by atoms with Gasteiger partial charge < -0.3 is 9.52 Å². The quantitative estimate of drug-likeness (QED) is 0.861. The Labute approximate surface area is 109 Å². The molecule has 2 aromatic heterocycles. The molecule has 0 aromatic carbocycles. The SMILES string of the molecule is OCC#Cc1csc(CSCc2ccco2)c1. The third-order valence-corrected chi connectivity index (χ3v) is 4.16. The average Bonchev–Trinajstić information content (AvgIpc) is 2.98. The maximum atomic E-state index is 8.60. The van der Waals surface area contributed by atoms with E-state index in [-0.39, 0.29) is 6.61 Å². The molecule has 0 bridgehead atoms. The zero-order valence-electron chi connectivity index (χ0n) is 9.18. The Balaban J connectivity index is 1.81. The highest BCUT2D eigenvalue weighted by Crippen LogP contribution is 2.22. The molecule has 0 amide bonds. The van der Waals surface area contributed by atoms with Crippen LogP contribution in [0, 0.1) is 11.8 Å². The van der Waals surface area contributed by atoms with Crippen LogP contribution in [0.5, 0.6) is 0 Å². The van der Waals surface area contributed by atoms with Crippen molar-refractivity contribution >= 4 is 23.1 Å². The molecule has 0 aliphatic heterocycles. The minimum absolute atomic E-state index is 0.0849. The first-order valence-electron chi connectivity index (χ1n) is 5.16. The van der Waals surface area contributed by atoms with Gasteiger partial charge in [0.1, 0.15) is 12.4 Å². The summed E-state index contributed by atoms with van der Waals surface area (Å²) in [6.45, 7) is -0.0849. The van der Waals surface area contributed by atoms with Crippen molar-refractivity contribution in [2.45, 2.75) is 11.5 Å². The van der Waals surface area contributed by atoms with Gasteiger partial charge in [0, 0.05) is 21.6 Å². The number of hydrogen-bond acceptors (Lipinski definition) is 4. The van der Waals surface area contributed by atoms with E-state index in [4.69, 9.17) is 9.52 Å². The Morgan fingerprint density at radius 1 is 1.41 bits per heavy atom. The van der Waals surface area contributed by atoms with Crippen LogP contribution in [0.15, 0.2) is 34.3 Å². The lowest BCUT2D eigenvalue weighted by molar-refractivity contribution is 0.350. The van der Waals surface area contributed by atoms with E-state index >= 15 is 0 Å². The van der Waals surface area contributed by atoms with Gasteiger partial charge in [0.25, 0.3) is 0 Å². The predicted octanol–water partition coefficient (Wildman–Crippen LogP) is 3.12. The van der Waals surface area contributed by atoms with Crippen LogP contribution < -0.4 is 0 Å². The molecule has 0 fully saturated rings. The molecule has 0 atom stereocenters. The average molecular weight is 264 g/mol. The van der Waals surface area contributed by atoms with E-state index in [9.17, 15) is 0 Å². The Kier molecular flexibility index (Phi) is 4.75. The first-order valence-corrected chi connectivity index (χ1v) is 7.19. The van der Waals surface area contributed by atoms with E-state index in [1.807, 2.05) is 29.3 Å². The van der Waals surface area contributed by atoms with Gasteiger partial charge in [0.2, 0.25) is 0 Å². The number of rotatable bonds is 4. The van der Waals surface area contributed by atoms with Crippen LogP contribution in [0.4, 0.5) is 0 Å². The highest BCUT2D eigenvalue weighted by Gasteiger charge is 2.00. The lowest BCUT2D eigenvalue weighted by Crippen LogP contribution is -1.77. The molecule has 4 heteroatoms. The van der Waals surface area contributed by atoms with E-state index in [1.165, 1.54) is 4.88 Å². The molecule has 0 spiro atoms. The Morgan fingerprint density at radius 2 is 2.35 bits per heavy atom. The fourth-order valence-corrected chi connectivity index (χ4v) is 3.18. The van der Waals surface area contributed by atoms with Gasteiger partial charge in [-0.3, -0.25) is 0 Å². The van der Waals surface area contributed by atoms with Crippen LogP contribution in [0.25, 0.3) is 0 Å². The summed E-state index contributed by atoms with van der Waals surface area (Å²) in [6.07, 6.45) is 1.70. The van der Waals surface area contributed by atoms with Gasteiger partial charge in [0.05, 0.1) is 12.0 Å². The normalized spacial score (nSPS) is 9.94. The van der Waals surface area contributed by atoms with E-state index in [1.54, 1.807) is 17.6 Å². The number of aliphatic hydroxyl groups excluding tert-OH is 1. The number of thioether (sulfide) groups is 1. The highest BCUT2D eigenvalue weighted by atomic mass is 32.2. The van der Waals surface area contributed by atoms with Crippen molar-refractivity contribution in [2.24, 2.45) is 0 Å². The first kappa shape index (κ1) is 12.3. The summed E-state index contributed by atoms with van der Waals surface area (Å²) in [5, 5.41) is 10.6. The molecule has 0 radical (unpaired) electrons. The van der Waals surface area contributed by atoms with Crippen LogP contribution in [-0.4, -0.2) is 11.7 Å². The molecule has 17 heavy (non-hydrogen) atoms. The molecule has 0 unspecified atom stereocenters. The topological polar surface area (TPSA) is 33.4 Å². The van der Waals surface area contributed by atoms with Gasteiger partial charge in [0.15, 0.2) is 0 Å². The molecule has 0 aliphatic carbocycles. The summed E-state index contributed by atoms with van der Waals surface area (Å²) in [5.41, 5.74) is 0.984. The molecule has 2 nitrogen and oxygen atoms in total. The minimum atomic E-state index is -0.0849. The first-order chi connectivity index (χ1) is 8.38. The van der Waals surface area contributed by atoms with Crippen LogP contribution in [0.2, 0.25) is 0 Å². The maximum Gasteiger partial charge on any atom is 0.113 e. The van der Waals surface area contributed by atoms with Crippen LogP contribution in [0.1, 0.15) is 16.2 Å². The van der Waals surface area contributed by atoms with Gasteiger partial charge in [-0.2, -0.15) is 0 Å². The summed E-state index contributed by atoms with van der Waals surface area (Å²) in [4.78, 5) is 1.30. The number of hydrogen-bond donors (Lipinski definition) is 1. The lowest BCUT2D eigenvalue weighted by Gasteiger charge is -1.95. The van der Waals surface area contributed by atoms with Crippen molar-refractivity contribution in [2.75, 3.05) is 6.61 Å². The minimum Gasteiger partial charge on any atom is -0.468 e. The second kappa shape index (κ2) is 6.55. The van der Waals surface area contributed by atoms with Gasteiger partial charge in [-0.1, -0.05) is 11.8 Å². The summed E-state index contributed by atoms with van der Waals surface area (Å²) in [5.74, 6) is 8.41. The molecule has 2 rings (SSSR count). The standard InChI is InChI=1S/C13H12O2S2/c14-5-1-3-11-7-13(17-8-11)10-16-9-12-4-2-6-15-12/h2,4,6-8,14H,5,9-10H2. The summed E-state index contributed by atoms with van der Waals surface area (Å²) in [6, 6.07) is 5.96. The van der Waals surface area contributed by atoms with Gasteiger partial charge in [-0.15, -0.1) is 23.1 Å². The summed E-state index contributed by atoms with van der Waals surface area (Å²) < 4.78 is 5.26. The molecule has 88 valence electrons. The zero-order valence-corrected chi connectivity index (χ0v) is 10.8. The third-order valence-electron chi connectivity index (χ3n) is 2.03. The van der Waals surface area contributed by atoms with E-state index in [2.05, 4.69) is 17.9 Å². The van der Waals surface area contributed by atoms with Gasteiger partial charge in [-0.25, -0.2) is 0 Å². The molecule has 2 aromatic rings. The molecule has 0 aliphatic rings. The molecule has 0 saturated heterocycles. The molecular weight excluding hydrogens is 252 g/mol. The second-order valence-electron chi connectivity index (χ2n) is 3.33.